The van der Waals surface area contributed by atoms with E-state index in [-0.39, 0.29) is 6.10 Å². The first kappa shape index (κ1) is 26.0. The SMILES string of the molecule is CS(=O)(=O)Nc1cnc2cc(N3CCOCC3)nc(OC3CCC(Nc4cc5c(cn4)CNCC5)CC3)c2c1. The van der Waals surface area contributed by atoms with Crippen LogP contribution in [0, 0.1) is 0 Å². The van der Waals surface area contributed by atoms with E-state index in [1.54, 1.807) is 6.07 Å². The minimum atomic E-state index is -3.44. The lowest BCUT2D eigenvalue weighted by molar-refractivity contribution is 0.122. The summed E-state index contributed by atoms with van der Waals surface area (Å²) in [6, 6.07) is 6.22. The zero-order valence-electron chi connectivity index (χ0n) is 22.1. The maximum absolute atomic E-state index is 11.8. The van der Waals surface area contributed by atoms with Gasteiger partial charge in [0.25, 0.3) is 0 Å². The maximum atomic E-state index is 11.8. The summed E-state index contributed by atoms with van der Waals surface area (Å²) < 4.78 is 38.2. The summed E-state index contributed by atoms with van der Waals surface area (Å²) in [7, 11) is -3.44. The van der Waals surface area contributed by atoms with E-state index in [2.05, 4.69) is 36.3 Å². The van der Waals surface area contributed by atoms with Crippen LogP contribution in [0.4, 0.5) is 17.3 Å². The molecule has 5 heterocycles. The number of anilines is 3. The Morgan fingerprint density at radius 2 is 1.87 bits per heavy atom. The lowest BCUT2D eigenvalue weighted by Crippen LogP contribution is -2.37. The van der Waals surface area contributed by atoms with Gasteiger partial charge in [-0.1, -0.05) is 0 Å². The fourth-order valence-corrected chi connectivity index (χ4v) is 6.07. The molecule has 6 rings (SSSR count). The molecule has 1 saturated heterocycles. The summed E-state index contributed by atoms with van der Waals surface area (Å²) >= 11 is 0. The third-order valence-corrected chi connectivity index (χ3v) is 8.15. The van der Waals surface area contributed by atoms with Crippen LogP contribution in [0.3, 0.4) is 0 Å². The largest absolute Gasteiger partial charge is 0.474 e. The second-order valence-corrected chi connectivity index (χ2v) is 12.3. The van der Waals surface area contributed by atoms with Crippen LogP contribution in [0.2, 0.25) is 0 Å². The van der Waals surface area contributed by atoms with E-state index in [0.717, 1.165) is 76.2 Å². The Morgan fingerprint density at radius 3 is 2.67 bits per heavy atom. The number of rotatable bonds is 7. The first-order valence-corrected chi connectivity index (χ1v) is 15.5. The Bertz CT molecular complexity index is 1440. The normalized spacial score (nSPS) is 21.8. The van der Waals surface area contributed by atoms with E-state index in [1.165, 1.54) is 17.3 Å². The quantitative estimate of drug-likeness (QED) is 0.401. The van der Waals surface area contributed by atoms with Crippen LogP contribution in [0.5, 0.6) is 5.88 Å². The van der Waals surface area contributed by atoms with Gasteiger partial charge in [0, 0.05) is 37.9 Å². The van der Waals surface area contributed by atoms with Gasteiger partial charge in [-0.15, -0.1) is 0 Å². The second kappa shape index (κ2) is 11.1. The Kier molecular flexibility index (Phi) is 7.41. The molecule has 0 amide bonds. The van der Waals surface area contributed by atoms with Crippen LogP contribution in [-0.2, 0) is 27.7 Å². The summed E-state index contributed by atoms with van der Waals surface area (Å²) in [6.07, 6.45) is 9.36. The molecular formula is C27H35N7O4S. The minimum absolute atomic E-state index is 0.00720. The highest BCUT2D eigenvalue weighted by atomic mass is 32.2. The maximum Gasteiger partial charge on any atom is 0.229 e. The molecule has 39 heavy (non-hydrogen) atoms. The fourth-order valence-electron chi connectivity index (χ4n) is 5.53. The number of pyridine rings is 3. The van der Waals surface area contributed by atoms with Gasteiger partial charge in [0.05, 0.1) is 42.3 Å². The van der Waals surface area contributed by atoms with Gasteiger partial charge in [0.15, 0.2) is 0 Å². The van der Waals surface area contributed by atoms with Gasteiger partial charge in [-0.05, 0) is 61.9 Å². The summed E-state index contributed by atoms with van der Waals surface area (Å²) in [5, 5.41) is 7.71. The molecule has 11 nitrogen and oxygen atoms in total. The summed E-state index contributed by atoms with van der Waals surface area (Å²) in [5.74, 6) is 2.23. The minimum Gasteiger partial charge on any atom is -0.474 e. The van der Waals surface area contributed by atoms with Gasteiger partial charge >= 0.3 is 0 Å². The molecule has 0 atom stereocenters. The molecule has 1 saturated carbocycles. The second-order valence-electron chi connectivity index (χ2n) is 10.6. The number of fused-ring (bicyclic) bond motifs is 2. The number of hydrogen-bond acceptors (Lipinski definition) is 10. The van der Waals surface area contributed by atoms with Crippen LogP contribution in [0.15, 0.2) is 30.6 Å². The lowest BCUT2D eigenvalue weighted by Gasteiger charge is -2.31. The number of morpholine rings is 1. The van der Waals surface area contributed by atoms with Crippen molar-refractivity contribution in [2.45, 2.75) is 50.8 Å². The number of hydrogen-bond donors (Lipinski definition) is 3. The predicted octanol–water partition coefficient (Wildman–Crippen LogP) is 2.68. The summed E-state index contributed by atoms with van der Waals surface area (Å²) in [5.41, 5.74) is 3.76. The highest BCUT2D eigenvalue weighted by Gasteiger charge is 2.25. The molecule has 0 unspecified atom stereocenters. The van der Waals surface area contributed by atoms with Crippen molar-refractivity contribution in [3.05, 3.63) is 41.7 Å². The fraction of sp³-hybridized carbons (Fsp3) is 0.519. The van der Waals surface area contributed by atoms with Crippen molar-refractivity contribution in [1.29, 1.82) is 0 Å². The average molecular weight is 554 g/mol. The van der Waals surface area contributed by atoms with Crippen LogP contribution in [0.25, 0.3) is 10.9 Å². The Labute approximate surface area is 228 Å². The first-order valence-electron chi connectivity index (χ1n) is 13.6. The van der Waals surface area contributed by atoms with Crippen molar-refractivity contribution in [3.8, 4) is 5.88 Å². The number of nitrogens with one attached hydrogen (secondary N) is 3. The highest BCUT2D eigenvalue weighted by Crippen LogP contribution is 2.33. The van der Waals surface area contributed by atoms with E-state index in [4.69, 9.17) is 14.5 Å². The third-order valence-electron chi connectivity index (χ3n) is 7.54. The monoisotopic (exact) mass is 553 g/mol. The summed E-state index contributed by atoms with van der Waals surface area (Å²) in [6.45, 7) is 4.68. The highest BCUT2D eigenvalue weighted by molar-refractivity contribution is 7.92. The van der Waals surface area contributed by atoms with Gasteiger partial charge in [0.2, 0.25) is 15.9 Å². The third kappa shape index (κ3) is 6.34. The van der Waals surface area contributed by atoms with Gasteiger partial charge in [-0.25, -0.2) is 13.4 Å². The molecule has 12 heteroatoms. The average Bonchev–Trinajstić information content (AvgIpc) is 2.94. The van der Waals surface area contributed by atoms with E-state index >= 15 is 0 Å². The molecule has 2 fully saturated rings. The van der Waals surface area contributed by atoms with Crippen LogP contribution < -0.4 is 25.0 Å². The molecule has 3 aliphatic rings. The van der Waals surface area contributed by atoms with Crippen molar-refractivity contribution in [1.82, 2.24) is 20.3 Å². The Morgan fingerprint density at radius 1 is 1.05 bits per heavy atom. The molecule has 1 aliphatic carbocycles. The lowest BCUT2D eigenvalue weighted by atomic mass is 9.93. The zero-order chi connectivity index (χ0) is 26.8. The molecule has 208 valence electrons. The standard InChI is InChI=1S/C27H35N7O4S/c1-39(35,36)33-21-13-23-24(29-17-21)14-26(34-8-10-37-11-9-34)32-27(23)38-22-4-2-20(3-5-22)31-25-12-18-6-7-28-15-19(18)16-30-25/h12-14,16-17,20,22,28,33H,2-11,15H2,1H3,(H,30,31). The molecule has 0 spiro atoms. The molecule has 0 aromatic carbocycles. The molecule has 3 aromatic rings. The molecule has 0 radical (unpaired) electrons. The zero-order valence-corrected chi connectivity index (χ0v) is 23.0. The smallest absolute Gasteiger partial charge is 0.229 e. The number of ether oxygens (including phenoxy) is 2. The van der Waals surface area contributed by atoms with Gasteiger partial charge in [0.1, 0.15) is 17.7 Å². The van der Waals surface area contributed by atoms with Crippen molar-refractivity contribution >= 4 is 38.2 Å². The van der Waals surface area contributed by atoms with Crippen LogP contribution in [0.1, 0.15) is 36.8 Å². The topological polar surface area (TPSA) is 131 Å². The van der Waals surface area contributed by atoms with Crippen molar-refractivity contribution < 1.29 is 17.9 Å². The first-order chi connectivity index (χ1) is 18.9. The predicted molar refractivity (Wildman–Crippen MR) is 151 cm³/mol. The van der Waals surface area contributed by atoms with Crippen LogP contribution >= 0.6 is 0 Å². The van der Waals surface area contributed by atoms with Crippen molar-refractivity contribution in [2.75, 3.05) is 54.0 Å². The molecular weight excluding hydrogens is 518 g/mol. The van der Waals surface area contributed by atoms with Gasteiger partial charge in [-0.3, -0.25) is 9.71 Å². The van der Waals surface area contributed by atoms with E-state index < -0.39 is 10.0 Å². The number of nitrogens with zero attached hydrogens (tertiary/aromatic N) is 4. The van der Waals surface area contributed by atoms with Crippen molar-refractivity contribution in [3.63, 3.8) is 0 Å². The van der Waals surface area contributed by atoms with E-state index in [1.807, 2.05) is 12.3 Å². The Balaban J connectivity index is 1.18. The number of aromatic nitrogens is 3. The van der Waals surface area contributed by atoms with E-state index in [0.29, 0.717) is 41.7 Å². The Hall–Kier alpha value is -3.22. The summed E-state index contributed by atoms with van der Waals surface area (Å²) in [4.78, 5) is 16.2. The molecule has 3 aromatic heterocycles. The van der Waals surface area contributed by atoms with Crippen LogP contribution in [-0.4, -0.2) is 74.6 Å². The van der Waals surface area contributed by atoms with Crippen molar-refractivity contribution in [2.24, 2.45) is 0 Å². The van der Waals surface area contributed by atoms with Gasteiger partial charge in [-0.2, -0.15) is 4.98 Å². The number of sulfonamides is 1. The van der Waals surface area contributed by atoms with Gasteiger partial charge < -0.3 is 25.0 Å². The molecule has 3 N–H and O–H groups in total. The molecule has 2 aliphatic heterocycles. The van der Waals surface area contributed by atoms with E-state index in [9.17, 15) is 8.42 Å². The molecule has 0 bridgehead atoms.